The number of aliphatic hydroxyl groups is 1. The van der Waals surface area contributed by atoms with Gasteiger partial charge in [-0.15, -0.1) is 0 Å². The molecule has 6 heteroatoms. The molecule has 2 aromatic carbocycles. The molecule has 0 aliphatic carbocycles. The summed E-state index contributed by atoms with van der Waals surface area (Å²) < 4.78 is 11.9. The van der Waals surface area contributed by atoms with E-state index in [2.05, 4.69) is 24.0 Å². The molecule has 1 N–H and O–H groups in total. The Labute approximate surface area is 209 Å². The van der Waals surface area contributed by atoms with Crippen molar-refractivity contribution in [2.75, 3.05) is 39.4 Å². The molecule has 4 rings (SSSR count). The van der Waals surface area contributed by atoms with Crippen LogP contribution in [0.3, 0.4) is 0 Å². The van der Waals surface area contributed by atoms with E-state index in [0.717, 1.165) is 69.9 Å². The molecule has 35 heavy (non-hydrogen) atoms. The number of amides is 1. The summed E-state index contributed by atoms with van der Waals surface area (Å²) >= 11 is 0. The first-order chi connectivity index (χ1) is 17.0. The summed E-state index contributed by atoms with van der Waals surface area (Å²) in [5, 5.41) is 11.0. The number of hydrogen-bond donors (Lipinski definition) is 1. The molecule has 0 bridgehead atoms. The van der Waals surface area contributed by atoms with E-state index in [0.29, 0.717) is 38.4 Å². The highest BCUT2D eigenvalue weighted by Crippen LogP contribution is 2.26. The average molecular weight is 481 g/mol. The number of rotatable bonds is 10. The van der Waals surface area contributed by atoms with Crippen molar-refractivity contribution in [2.24, 2.45) is 0 Å². The van der Waals surface area contributed by atoms with Crippen molar-refractivity contribution in [3.63, 3.8) is 0 Å². The lowest BCUT2D eigenvalue weighted by molar-refractivity contribution is -0.130. The fourth-order valence-electron chi connectivity index (χ4n) is 4.84. The number of nitrogens with zero attached hydrogens (tertiary/aromatic N) is 2. The normalized spacial score (nSPS) is 18.8. The summed E-state index contributed by atoms with van der Waals surface area (Å²) in [6.45, 7) is 7.18. The second-order valence-corrected chi connectivity index (χ2v) is 10.1. The van der Waals surface area contributed by atoms with Crippen LogP contribution in [-0.4, -0.2) is 65.8 Å². The third kappa shape index (κ3) is 7.97. The monoisotopic (exact) mass is 480 g/mol. The van der Waals surface area contributed by atoms with Crippen LogP contribution in [0.5, 0.6) is 11.5 Å². The van der Waals surface area contributed by atoms with Crippen molar-refractivity contribution in [3.8, 4) is 11.5 Å². The first-order valence-electron chi connectivity index (χ1n) is 13.1. The van der Waals surface area contributed by atoms with E-state index in [4.69, 9.17) is 9.47 Å². The van der Waals surface area contributed by atoms with Gasteiger partial charge in [0.05, 0.1) is 6.61 Å². The molecule has 2 aliphatic heterocycles. The van der Waals surface area contributed by atoms with E-state index in [1.165, 1.54) is 11.1 Å². The zero-order chi connectivity index (χ0) is 24.5. The van der Waals surface area contributed by atoms with Crippen LogP contribution in [0.1, 0.15) is 56.1 Å². The Morgan fingerprint density at radius 2 is 1.74 bits per heavy atom. The number of carbonyl (C=O) groups is 1. The molecule has 0 saturated carbocycles. The van der Waals surface area contributed by atoms with Crippen LogP contribution >= 0.6 is 0 Å². The van der Waals surface area contributed by atoms with E-state index in [9.17, 15) is 9.90 Å². The van der Waals surface area contributed by atoms with E-state index in [-0.39, 0.29) is 0 Å². The van der Waals surface area contributed by atoms with Crippen molar-refractivity contribution in [3.05, 3.63) is 59.7 Å². The van der Waals surface area contributed by atoms with Gasteiger partial charge in [0.2, 0.25) is 5.91 Å². The minimum atomic E-state index is -0.777. The summed E-state index contributed by atoms with van der Waals surface area (Å²) in [6.07, 6.45) is 6.23. The second-order valence-electron chi connectivity index (χ2n) is 10.1. The van der Waals surface area contributed by atoms with Gasteiger partial charge in [-0.2, -0.15) is 0 Å². The first-order valence-corrected chi connectivity index (χ1v) is 13.1. The zero-order valence-corrected chi connectivity index (χ0v) is 21.1. The van der Waals surface area contributed by atoms with Gasteiger partial charge in [-0.05, 0) is 68.9 Å². The van der Waals surface area contributed by atoms with Gasteiger partial charge >= 0.3 is 0 Å². The first kappa shape index (κ1) is 25.5. The summed E-state index contributed by atoms with van der Waals surface area (Å²) in [6, 6.07) is 16.2. The number of hydrogen-bond acceptors (Lipinski definition) is 5. The SMILES string of the molecule is Cc1ccc(OCC2(O)CCN(Cc3cccc(OCCCN4CCCCCC4=O)c3)CC2)cc1. The van der Waals surface area contributed by atoms with Crippen LogP contribution in [0.2, 0.25) is 0 Å². The molecule has 2 saturated heterocycles. The topological polar surface area (TPSA) is 62.2 Å². The van der Waals surface area contributed by atoms with Crippen LogP contribution in [0.15, 0.2) is 48.5 Å². The molecule has 2 aliphatic rings. The number of likely N-dealkylation sites (tertiary alicyclic amines) is 2. The summed E-state index contributed by atoms with van der Waals surface area (Å²) in [4.78, 5) is 16.5. The van der Waals surface area contributed by atoms with Crippen LogP contribution in [0.25, 0.3) is 0 Å². The average Bonchev–Trinajstić information content (AvgIpc) is 3.07. The van der Waals surface area contributed by atoms with Crippen LogP contribution in [0.4, 0.5) is 0 Å². The Hall–Kier alpha value is -2.57. The Bertz CT molecular complexity index is 938. The van der Waals surface area contributed by atoms with Crippen molar-refractivity contribution in [1.82, 2.24) is 9.80 Å². The molecule has 0 aromatic heterocycles. The van der Waals surface area contributed by atoms with E-state index >= 15 is 0 Å². The van der Waals surface area contributed by atoms with Crippen molar-refractivity contribution in [2.45, 2.75) is 64.0 Å². The summed E-state index contributed by atoms with van der Waals surface area (Å²) in [5.41, 5.74) is 1.64. The minimum Gasteiger partial charge on any atom is -0.494 e. The number of benzene rings is 2. The molecular weight excluding hydrogens is 440 g/mol. The standard InChI is InChI=1S/C29H40N2O4/c1-24-10-12-26(13-11-24)35-23-29(33)14-18-30(19-15-29)22-25-7-5-8-27(21-25)34-20-6-17-31-16-4-2-3-9-28(31)32/h5,7-8,10-13,21,33H,2-4,6,9,14-20,22-23H2,1H3. The highest BCUT2D eigenvalue weighted by Gasteiger charge is 2.33. The predicted molar refractivity (Wildman–Crippen MR) is 138 cm³/mol. The fourth-order valence-corrected chi connectivity index (χ4v) is 4.84. The number of piperidine rings is 1. The Morgan fingerprint density at radius 1 is 0.943 bits per heavy atom. The smallest absolute Gasteiger partial charge is 0.222 e. The van der Waals surface area contributed by atoms with Crippen molar-refractivity contribution >= 4 is 5.91 Å². The van der Waals surface area contributed by atoms with Gasteiger partial charge in [0.15, 0.2) is 0 Å². The molecule has 0 unspecified atom stereocenters. The van der Waals surface area contributed by atoms with Gasteiger partial charge in [0, 0.05) is 39.1 Å². The molecule has 0 atom stereocenters. The van der Waals surface area contributed by atoms with Gasteiger partial charge in [0.25, 0.3) is 0 Å². The third-order valence-corrected chi connectivity index (χ3v) is 7.13. The van der Waals surface area contributed by atoms with Gasteiger partial charge < -0.3 is 19.5 Å². The lowest BCUT2D eigenvalue weighted by Gasteiger charge is -2.38. The van der Waals surface area contributed by atoms with Gasteiger partial charge in [-0.1, -0.05) is 36.2 Å². The molecule has 6 nitrogen and oxygen atoms in total. The lowest BCUT2D eigenvalue weighted by atomic mass is 9.92. The van der Waals surface area contributed by atoms with Crippen LogP contribution in [0, 0.1) is 6.92 Å². The third-order valence-electron chi connectivity index (χ3n) is 7.13. The predicted octanol–water partition coefficient (Wildman–Crippen LogP) is 4.57. The lowest BCUT2D eigenvalue weighted by Crippen LogP contribution is -2.47. The molecule has 2 heterocycles. The van der Waals surface area contributed by atoms with Crippen LogP contribution in [-0.2, 0) is 11.3 Å². The minimum absolute atomic E-state index is 0.291. The number of aryl methyl sites for hydroxylation is 1. The van der Waals surface area contributed by atoms with E-state index in [1.807, 2.05) is 41.3 Å². The summed E-state index contributed by atoms with van der Waals surface area (Å²) in [7, 11) is 0. The van der Waals surface area contributed by atoms with Crippen molar-refractivity contribution in [1.29, 1.82) is 0 Å². The van der Waals surface area contributed by atoms with Crippen LogP contribution < -0.4 is 9.47 Å². The van der Waals surface area contributed by atoms with Gasteiger partial charge in [0.1, 0.15) is 23.7 Å². The van der Waals surface area contributed by atoms with Gasteiger partial charge in [-0.3, -0.25) is 9.69 Å². The molecule has 2 fully saturated rings. The maximum Gasteiger partial charge on any atom is 0.222 e. The maximum absolute atomic E-state index is 12.1. The molecule has 2 aromatic rings. The molecule has 0 spiro atoms. The Morgan fingerprint density at radius 3 is 2.54 bits per heavy atom. The van der Waals surface area contributed by atoms with Crippen molar-refractivity contribution < 1.29 is 19.4 Å². The Balaban J connectivity index is 1.17. The zero-order valence-electron chi connectivity index (χ0n) is 21.1. The molecular formula is C29H40N2O4. The molecule has 1 amide bonds. The molecule has 0 radical (unpaired) electrons. The largest absolute Gasteiger partial charge is 0.494 e. The number of carbonyl (C=O) groups excluding carboxylic acids is 1. The Kier molecular flexibility index (Phi) is 9.05. The van der Waals surface area contributed by atoms with E-state index in [1.54, 1.807) is 0 Å². The summed E-state index contributed by atoms with van der Waals surface area (Å²) in [5.74, 6) is 1.98. The maximum atomic E-state index is 12.1. The van der Waals surface area contributed by atoms with E-state index < -0.39 is 5.60 Å². The number of ether oxygens (including phenoxy) is 2. The fraction of sp³-hybridized carbons (Fsp3) is 0.552. The highest BCUT2D eigenvalue weighted by atomic mass is 16.5. The second kappa shape index (κ2) is 12.4. The van der Waals surface area contributed by atoms with Gasteiger partial charge in [-0.25, -0.2) is 0 Å². The molecule has 190 valence electrons. The quantitative estimate of drug-likeness (QED) is 0.505. The highest BCUT2D eigenvalue weighted by molar-refractivity contribution is 5.76.